The summed E-state index contributed by atoms with van der Waals surface area (Å²) in [5, 5.41) is -0.00230. The summed E-state index contributed by atoms with van der Waals surface area (Å²) in [4.78, 5) is 14.9. The first-order chi connectivity index (χ1) is 14.7. The van der Waals surface area contributed by atoms with Crippen LogP contribution in [-0.2, 0) is 27.7 Å². The lowest BCUT2D eigenvalue weighted by Gasteiger charge is -2.31. The summed E-state index contributed by atoms with van der Waals surface area (Å²) < 4.78 is 87.8. The van der Waals surface area contributed by atoms with E-state index in [1.807, 2.05) is 0 Å². The van der Waals surface area contributed by atoms with Gasteiger partial charge >= 0.3 is 18.3 Å². The second-order valence-corrected chi connectivity index (χ2v) is 8.20. The number of alkyl halides is 6. The first-order valence-corrected chi connectivity index (χ1v) is 9.89. The molecule has 3 rings (SSSR count). The van der Waals surface area contributed by atoms with Crippen LogP contribution in [0.15, 0.2) is 41.4 Å². The van der Waals surface area contributed by atoms with E-state index in [-0.39, 0.29) is 32.4 Å². The Morgan fingerprint density at radius 3 is 2.22 bits per heavy atom. The summed E-state index contributed by atoms with van der Waals surface area (Å²) >= 11 is 11.8. The average molecular weight is 498 g/mol. The molecule has 2 aromatic rings. The lowest BCUT2D eigenvalue weighted by Crippen LogP contribution is -2.43. The molecule has 0 spiro atoms. The number of hydrogen-bond donors (Lipinski definition) is 0. The first kappa shape index (κ1) is 24.4. The fourth-order valence-corrected chi connectivity index (χ4v) is 4.05. The molecule has 2 aromatic carbocycles. The van der Waals surface area contributed by atoms with Crippen LogP contribution in [0.3, 0.4) is 0 Å². The molecule has 172 valence electrons. The Morgan fingerprint density at radius 2 is 1.69 bits per heavy atom. The van der Waals surface area contributed by atoms with Crippen molar-refractivity contribution in [3.05, 3.63) is 68.7 Å². The zero-order chi connectivity index (χ0) is 23.9. The smallest absolute Gasteiger partial charge is 0.416 e. The molecule has 1 aliphatic rings. The van der Waals surface area contributed by atoms with Crippen molar-refractivity contribution in [2.45, 2.75) is 37.7 Å². The largest absolute Gasteiger partial charge is 0.461 e. The van der Waals surface area contributed by atoms with Crippen LogP contribution in [0.4, 0.5) is 26.3 Å². The highest BCUT2D eigenvalue weighted by Gasteiger charge is 2.58. The summed E-state index contributed by atoms with van der Waals surface area (Å²) in [6.07, 6.45) is -10.3. The number of benzene rings is 2. The van der Waals surface area contributed by atoms with E-state index in [1.54, 1.807) is 0 Å². The summed E-state index contributed by atoms with van der Waals surface area (Å²) in [6, 6.07) is 6.54. The molecule has 0 saturated carbocycles. The normalized spacial score (nSPS) is 19.1. The zero-order valence-corrected chi connectivity index (χ0v) is 17.9. The molecule has 1 unspecified atom stereocenters. The minimum absolute atomic E-state index is 0.00115. The molecule has 0 N–H and O–H groups in total. The van der Waals surface area contributed by atoms with Crippen LogP contribution in [0.25, 0.3) is 0 Å². The molecule has 0 radical (unpaired) electrons. The molecule has 0 saturated heterocycles. The van der Waals surface area contributed by atoms with Gasteiger partial charge in [-0.2, -0.15) is 26.3 Å². The first-order valence-electron chi connectivity index (χ1n) is 9.13. The van der Waals surface area contributed by atoms with Crippen molar-refractivity contribution in [2.24, 2.45) is 4.99 Å². The van der Waals surface area contributed by atoms with Gasteiger partial charge in [0.2, 0.25) is 0 Å². The van der Waals surface area contributed by atoms with E-state index in [0.29, 0.717) is 0 Å². The number of aliphatic imine (C=N–C) groups is 1. The molecule has 11 heteroatoms. The highest BCUT2D eigenvalue weighted by molar-refractivity contribution is 6.34. The Balaban J connectivity index is 2.02. The lowest BCUT2D eigenvalue weighted by atomic mass is 9.76. The average Bonchev–Trinajstić information content (AvgIpc) is 3.11. The third kappa shape index (κ3) is 4.88. The van der Waals surface area contributed by atoms with E-state index in [4.69, 9.17) is 23.2 Å². The van der Waals surface area contributed by atoms with E-state index in [2.05, 4.69) is 9.73 Å². The number of nitrogens with zero attached hydrogens (tertiary/aromatic N) is 1. The fraction of sp³-hybridized carbons (Fsp3) is 0.333. The SMILES string of the molecule is CC(=O)OCc1ccc(C2=NCC(c3cc(Cl)cc(Cl)c3)(C(F)(F)F)C2)cc1C(F)(F)F. The van der Waals surface area contributed by atoms with Gasteiger partial charge in [0.25, 0.3) is 0 Å². The predicted molar refractivity (Wildman–Crippen MR) is 107 cm³/mol. The summed E-state index contributed by atoms with van der Waals surface area (Å²) in [5.41, 5.74) is -4.38. The Labute approximate surface area is 189 Å². The number of halogens is 8. The Bertz CT molecular complexity index is 1060. The van der Waals surface area contributed by atoms with Crippen molar-refractivity contribution in [1.82, 2.24) is 0 Å². The summed E-state index contributed by atoms with van der Waals surface area (Å²) in [5.74, 6) is -0.766. The van der Waals surface area contributed by atoms with Crippen molar-refractivity contribution in [1.29, 1.82) is 0 Å². The minimum Gasteiger partial charge on any atom is -0.461 e. The van der Waals surface area contributed by atoms with Gasteiger partial charge in [0.05, 0.1) is 12.1 Å². The van der Waals surface area contributed by atoms with Crippen LogP contribution in [0.2, 0.25) is 10.0 Å². The third-order valence-corrected chi connectivity index (χ3v) is 5.58. The van der Waals surface area contributed by atoms with Gasteiger partial charge in [-0.3, -0.25) is 9.79 Å². The van der Waals surface area contributed by atoms with Crippen LogP contribution in [0.1, 0.15) is 35.6 Å². The fourth-order valence-electron chi connectivity index (χ4n) is 3.52. The summed E-state index contributed by atoms with van der Waals surface area (Å²) in [7, 11) is 0. The Morgan fingerprint density at radius 1 is 1.06 bits per heavy atom. The van der Waals surface area contributed by atoms with Crippen molar-refractivity contribution in [3.63, 3.8) is 0 Å². The van der Waals surface area contributed by atoms with Crippen LogP contribution in [0, 0.1) is 0 Å². The molecule has 32 heavy (non-hydrogen) atoms. The molecule has 0 bridgehead atoms. The number of rotatable bonds is 4. The molecular formula is C21H15Cl2F6NO2. The second kappa shape index (κ2) is 8.59. The minimum atomic E-state index is -4.81. The second-order valence-electron chi connectivity index (χ2n) is 7.33. The number of esters is 1. The van der Waals surface area contributed by atoms with Gasteiger partial charge in [-0.05, 0) is 35.4 Å². The van der Waals surface area contributed by atoms with E-state index < -0.39 is 48.9 Å². The molecule has 1 aliphatic heterocycles. The topological polar surface area (TPSA) is 38.7 Å². The maximum Gasteiger partial charge on any atom is 0.416 e. The Kier molecular flexibility index (Phi) is 6.55. The maximum absolute atomic E-state index is 14.2. The predicted octanol–water partition coefficient (Wildman–Crippen LogP) is 6.77. The van der Waals surface area contributed by atoms with E-state index in [0.717, 1.165) is 31.2 Å². The maximum atomic E-state index is 14.2. The van der Waals surface area contributed by atoms with Crippen LogP contribution < -0.4 is 0 Å². The lowest BCUT2D eigenvalue weighted by molar-refractivity contribution is -0.183. The van der Waals surface area contributed by atoms with Gasteiger partial charge < -0.3 is 4.74 Å². The van der Waals surface area contributed by atoms with Crippen molar-refractivity contribution in [2.75, 3.05) is 6.54 Å². The molecule has 0 aliphatic carbocycles. The van der Waals surface area contributed by atoms with Gasteiger partial charge in [-0.15, -0.1) is 0 Å². The highest BCUT2D eigenvalue weighted by Crippen LogP contribution is 2.49. The number of hydrogen-bond acceptors (Lipinski definition) is 3. The van der Waals surface area contributed by atoms with Gasteiger partial charge in [0.15, 0.2) is 0 Å². The molecule has 1 heterocycles. The summed E-state index contributed by atoms with van der Waals surface area (Å²) in [6.45, 7) is -0.294. The molecule has 1 atom stereocenters. The highest BCUT2D eigenvalue weighted by atomic mass is 35.5. The molecule has 0 amide bonds. The van der Waals surface area contributed by atoms with Gasteiger partial charge in [0.1, 0.15) is 12.0 Å². The number of ether oxygens (including phenoxy) is 1. The molecular weight excluding hydrogens is 483 g/mol. The van der Waals surface area contributed by atoms with Crippen LogP contribution >= 0.6 is 23.2 Å². The van der Waals surface area contributed by atoms with Crippen molar-refractivity contribution < 1.29 is 35.9 Å². The molecule has 0 fully saturated rings. The van der Waals surface area contributed by atoms with Crippen LogP contribution in [0.5, 0.6) is 0 Å². The van der Waals surface area contributed by atoms with Gasteiger partial charge in [-0.1, -0.05) is 35.3 Å². The van der Waals surface area contributed by atoms with E-state index >= 15 is 0 Å². The van der Waals surface area contributed by atoms with Gasteiger partial charge in [-0.25, -0.2) is 0 Å². The number of carbonyl (C=O) groups is 1. The van der Waals surface area contributed by atoms with E-state index in [9.17, 15) is 31.1 Å². The monoisotopic (exact) mass is 497 g/mol. The Hall–Kier alpha value is -2.26. The van der Waals surface area contributed by atoms with E-state index in [1.165, 1.54) is 12.1 Å². The zero-order valence-electron chi connectivity index (χ0n) is 16.4. The number of carbonyl (C=O) groups excluding carboxylic acids is 1. The van der Waals surface area contributed by atoms with Crippen molar-refractivity contribution >= 4 is 34.9 Å². The quantitative estimate of drug-likeness (QED) is 0.345. The third-order valence-electron chi connectivity index (χ3n) is 5.15. The molecule has 0 aromatic heterocycles. The molecule has 3 nitrogen and oxygen atoms in total. The van der Waals surface area contributed by atoms with Crippen molar-refractivity contribution in [3.8, 4) is 0 Å². The standard InChI is InChI=1S/C21H15Cl2F6NO2/c1-11(31)32-9-13-3-2-12(4-17(13)20(24,25)26)18-8-19(10-30-18,21(27,28)29)14-5-15(22)7-16(23)6-14/h2-7H,8-10H2,1H3. The van der Waals surface area contributed by atoms with Crippen LogP contribution in [-0.4, -0.2) is 24.4 Å². The van der Waals surface area contributed by atoms with Gasteiger partial charge in [0, 0.05) is 34.7 Å².